The van der Waals surface area contributed by atoms with Gasteiger partial charge in [-0.1, -0.05) is 0 Å². The van der Waals surface area contributed by atoms with Crippen LogP contribution >= 0.6 is 0 Å². The van der Waals surface area contributed by atoms with Crippen molar-refractivity contribution < 1.29 is 4.79 Å². The van der Waals surface area contributed by atoms with E-state index < -0.39 is 0 Å². The summed E-state index contributed by atoms with van der Waals surface area (Å²) in [5, 5.41) is 0. The van der Waals surface area contributed by atoms with E-state index in [9.17, 15) is 4.79 Å². The Balaban J connectivity index is 2.04. The molecule has 1 saturated heterocycles. The number of nitrogens with zero attached hydrogens (tertiary/aromatic N) is 1. The molecule has 0 aromatic heterocycles. The van der Waals surface area contributed by atoms with Gasteiger partial charge in [-0.25, -0.2) is 0 Å². The molecule has 0 aromatic carbocycles. The Kier molecular flexibility index (Phi) is 0.875. The largest absolute Gasteiger partial charge is 0.329 e. The molecule has 9 heavy (non-hydrogen) atoms. The van der Waals surface area contributed by atoms with Crippen molar-refractivity contribution in [2.45, 2.75) is 31.2 Å². The third kappa shape index (κ3) is 0.485. The van der Waals surface area contributed by atoms with E-state index in [2.05, 4.69) is 0 Å². The second-order valence-electron chi connectivity index (χ2n) is 3.07. The molecule has 2 aliphatic rings. The van der Waals surface area contributed by atoms with Gasteiger partial charge in [0.25, 0.3) is 0 Å². The van der Waals surface area contributed by atoms with E-state index in [0.717, 1.165) is 6.54 Å². The van der Waals surface area contributed by atoms with Gasteiger partial charge in [-0.15, -0.1) is 0 Å². The van der Waals surface area contributed by atoms with E-state index in [4.69, 9.17) is 0 Å². The molecule has 0 aromatic rings. The van der Waals surface area contributed by atoms with Crippen LogP contribution in [-0.2, 0) is 4.79 Å². The lowest BCUT2D eigenvalue weighted by Gasteiger charge is -2.56. The zero-order valence-corrected chi connectivity index (χ0v) is 5.39. The van der Waals surface area contributed by atoms with Crippen LogP contribution in [-0.4, -0.2) is 23.4 Å². The van der Waals surface area contributed by atoms with Gasteiger partial charge in [0.05, 0.1) is 0 Å². The Morgan fingerprint density at radius 1 is 1.33 bits per heavy atom. The van der Waals surface area contributed by atoms with Crippen LogP contribution in [0.15, 0.2) is 0 Å². The third-order valence-electron chi connectivity index (χ3n) is 2.77. The smallest absolute Gasteiger partial charge is 0.312 e. The third-order valence-corrected chi connectivity index (χ3v) is 2.77. The van der Waals surface area contributed by atoms with Crippen molar-refractivity contribution in [1.82, 2.24) is 4.90 Å². The molecular formula is C7H10NO. The maximum atomic E-state index is 10.2. The van der Waals surface area contributed by atoms with Gasteiger partial charge < -0.3 is 4.90 Å². The molecule has 1 saturated carbocycles. The summed E-state index contributed by atoms with van der Waals surface area (Å²) in [6, 6.07) is 0. The number of amides is 1. The van der Waals surface area contributed by atoms with Crippen molar-refractivity contribution in [3.8, 4) is 0 Å². The van der Waals surface area contributed by atoms with Gasteiger partial charge >= 0.3 is 6.41 Å². The summed E-state index contributed by atoms with van der Waals surface area (Å²) < 4.78 is 0. The molecule has 49 valence electrons. The lowest BCUT2D eigenvalue weighted by molar-refractivity contribution is -0.0172. The van der Waals surface area contributed by atoms with Crippen LogP contribution in [0.5, 0.6) is 0 Å². The Bertz CT molecular complexity index is 134. The van der Waals surface area contributed by atoms with Crippen LogP contribution in [0.1, 0.15) is 25.7 Å². The lowest BCUT2D eigenvalue weighted by Crippen LogP contribution is -2.62. The zero-order chi connectivity index (χ0) is 6.32. The quantitative estimate of drug-likeness (QED) is 0.503. The molecule has 1 aliphatic heterocycles. The number of likely N-dealkylation sites (tertiary alicyclic amines) is 1. The molecule has 2 heteroatoms. The van der Waals surface area contributed by atoms with Crippen LogP contribution in [0.4, 0.5) is 0 Å². The summed E-state index contributed by atoms with van der Waals surface area (Å²) in [6.07, 6.45) is 6.95. The number of carbonyl (C=O) groups excluding carboxylic acids is 1. The van der Waals surface area contributed by atoms with Gasteiger partial charge in [-0.3, -0.25) is 4.79 Å². The monoisotopic (exact) mass is 124 g/mol. The molecule has 2 fully saturated rings. The minimum absolute atomic E-state index is 0.321. The van der Waals surface area contributed by atoms with Crippen molar-refractivity contribution in [2.24, 2.45) is 0 Å². The summed E-state index contributed by atoms with van der Waals surface area (Å²) in [5.41, 5.74) is 0.321. The fraction of sp³-hybridized carbons (Fsp3) is 0.857. The SMILES string of the molecule is O=[C]N1CCC12CCC2. The molecule has 0 unspecified atom stereocenters. The first-order valence-corrected chi connectivity index (χ1v) is 3.53. The van der Waals surface area contributed by atoms with E-state index in [1.54, 1.807) is 0 Å². The van der Waals surface area contributed by atoms with E-state index in [1.165, 1.54) is 25.7 Å². The summed E-state index contributed by atoms with van der Waals surface area (Å²) in [5.74, 6) is 0. The van der Waals surface area contributed by atoms with Crippen molar-refractivity contribution in [3.63, 3.8) is 0 Å². The molecule has 0 N–H and O–H groups in total. The van der Waals surface area contributed by atoms with E-state index in [-0.39, 0.29) is 0 Å². The minimum atomic E-state index is 0.321. The topological polar surface area (TPSA) is 20.3 Å². The molecule has 1 heterocycles. The second kappa shape index (κ2) is 1.49. The van der Waals surface area contributed by atoms with Gasteiger partial charge in [0.1, 0.15) is 0 Å². The average molecular weight is 124 g/mol. The summed E-state index contributed by atoms with van der Waals surface area (Å²) in [6.45, 7) is 0.948. The fourth-order valence-corrected chi connectivity index (χ4v) is 1.79. The second-order valence-corrected chi connectivity index (χ2v) is 3.07. The molecule has 0 bridgehead atoms. The number of rotatable bonds is 1. The highest BCUT2D eigenvalue weighted by Crippen LogP contribution is 2.45. The Hall–Kier alpha value is -0.530. The highest BCUT2D eigenvalue weighted by molar-refractivity contribution is 5.52. The molecular weight excluding hydrogens is 114 g/mol. The Morgan fingerprint density at radius 3 is 2.22 bits per heavy atom. The van der Waals surface area contributed by atoms with Crippen LogP contribution in [0.3, 0.4) is 0 Å². The van der Waals surface area contributed by atoms with E-state index in [1.807, 2.05) is 11.3 Å². The standard InChI is InChI=1S/C7H10NO/c9-6-8-5-4-7(8)2-1-3-7/h1-5H2. The van der Waals surface area contributed by atoms with Gasteiger partial charge in [0.2, 0.25) is 0 Å². The fourth-order valence-electron chi connectivity index (χ4n) is 1.79. The minimum Gasteiger partial charge on any atom is -0.329 e. The van der Waals surface area contributed by atoms with Gasteiger partial charge in [-0.2, -0.15) is 0 Å². The van der Waals surface area contributed by atoms with Crippen LogP contribution in [0.2, 0.25) is 0 Å². The zero-order valence-electron chi connectivity index (χ0n) is 5.39. The highest BCUT2D eigenvalue weighted by atomic mass is 16.1. The van der Waals surface area contributed by atoms with Crippen LogP contribution in [0.25, 0.3) is 0 Å². The lowest BCUT2D eigenvalue weighted by atomic mass is 9.68. The van der Waals surface area contributed by atoms with Gasteiger partial charge in [0.15, 0.2) is 0 Å². The molecule has 1 aliphatic carbocycles. The first kappa shape index (κ1) is 5.27. The summed E-state index contributed by atoms with van der Waals surface area (Å²) in [4.78, 5) is 12.0. The Morgan fingerprint density at radius 2 is 2.11 bits per heavy atom. The first-order chi connectivity index (χ1) is 4.37. The van der Waals surface area contributed by atoms with Gasteiger partial charge in [-0.05, 0) is 25.7 Å². The normalized spacial score (nSPS) is 29.1. The molecule has 1 spiro atoms. The molecule has 1 amide bonds. The molecule has 2 rings (SSSR count). The van der Waals surface area contributed by atoms with Crippen LogP contribution in [0, 0.1) is 0 Å². The summed E-state index contributed by atoms with van der Waals surface area (Å²) in [7, 11) is 0. The van der Waals surface area contributed by atoms with Gasteiger partial charge in [0, 0.05) is 12.1 Å². The van der Waals surface area contributed by atoms with Crippen molar-refractivity contribution in [3.05, 3.63) is 0 Å². The van der Waals surface area contributed by atoms with Crippen LogP contribution < -0.4 is 0 Å². The van der Waals surface area contributed by atoms with Crippen molar-refractivity contribution in [2.75, 3.05) is 6.54 Å². The predicted molar refractivity (Wildman–Crippen MR) is 33.6 cm³/mol. The molecule has 0 atom stereocenters. The average Bonchev–Trinajstić information content (AvgIpc) is 1.59. The van der Waals surface area contributed by atoms with Crippen molar-refractivity contribution >= 4 is 6.41 Å². The predicted octanol–water partition coefficient (Wildman–Crippen LogP) is 0.682. The number of hydrogen-bond donors (Lipinski definition) is 0. The summed E-state index contributed by atoms with van der Waals surface area (Å²) >= 11 is 0. The van der Waals surface area contributed by atoms with E-state index >= 15 is 0 Å². The first-order valence-electron chi connectivity index (χ1n) is 3.53. The molecule has 2 nitrogen and oxygen atoms in total. The van der Waals surface area contributed by atoms with Crippen molar-refractivity contribution in [1.29, 1.82) is 0 Å². The Labute approximate surface area is 54.8 Å². The molecule has 1 radical (unpaired) electrons. The number of hydrogen-bond acceptors (Lipinski definition) is 1. The maximum Gasteiger partial charge on any atom is 0.312 e. The maximum absolute atomic E-state index is 10.2. The highest BCUT2D eigenvalue weighted by Gasteiger charge is 2.48. The van der Waals surface area contributed by atoms with E-state index in [0.29, 0.717) is 5.54 Å².